The van der Waals surface area contributed by atoms with Gasteiger partial charge < -0.3 is 15.2 Å². The van der Waals surface area contributed by atoms with Gasteiger partial charge in [0.1, 0.15) is 11.8 Å². The summed E-state index contributed by atoms with van der Waals surface area (Å²) in [5, 5.41) is 14.6. The van der Waals surface area contributed by atoms with E-state index in [0.717, 1.165) is 5.56 Å². The number of anilines is 1. The Hall–Kier alpha value is -2.59. The van der Waals surface area contributed by atoms with Crippen molar-refractivity contribution in [3.63, 3.8) is 0 Å². The van der Waals surface area contributed by atoms with Crippen molar-refractivity contribution < 1.29 is 27.3 Å². The third-order valence-corrected chi connectivity index (χ3v) is 6.00. The smallest absolute Gasteiger partial charge is 0.297 e. The molecule has 0 saturated carbocycles. The van der Waals surface area contributed by atoms with Gasteiger partial charge in [-0.1, -0.05) is 37.3 Å². The Morgan fingerprint density at radius 2 is 1.80 bits per heavy atom. The number of amides is 1. The van der Waals surface area contributed by atoms with E-state index in [9.17, 15) is 18.0 Å². The van der Waals surface area contributed by atoms with Crippen molar-refractivity contribution in [2.75, 3.05) is 18.5 Å². The van der Waals surface area contributed by atoms with Gasteiger partial charge in [-0.2, -0.15) is 8.42 Å². The quantitative estimate of drug-likeness (QED) is 0.344. The summed E-state index contributed by atoms with van der Waals surface area (Å²) in [6, 6.07) is 15.0. The molecule has 0 bridgehead atoms. The second-order valence-corrected chi connectivity index (χ2v) is 8.24. The molecule has 0 aliphatic carbocycles. The fourth-order valence-corrected chi connectivity index (χ4v) is 3.75. The first-order valence-electron chi connectivity index (χ1n) is 9.51. The Kier molecular flexibility index (Phi) is 8.67. The average Bonchev–Trinajstić information content (AvgIpc) is 2.76. The molecule has 0 unspecified atom stereocenters. The minimum atomic E-state index is -3.98. The Morgan fingerprint density at radius 1 is 1.13 bits per heavy atom. The van der Waals surface area contributed by atoms with E-state index in [0.29, 0.717) is 24.9 Å². The van der Waals surface area contributed by atoms with Crippen molar-refractivity contribution >= 4 is 28.0 Å². The van der Waals surface area contributed by atoms with Crippen molar-refractivity contribution in [3.8, 4) is 0 Å². The summed E-state index contributed by atoms with van der Waals surface area (Å²) >= 11 is 0. The largest absolute Gasteiger partial charge is 0.394 e. The number of benzene rings is 2. The topological polar surface area (TPSA) is 122 Å². The van der Waals surface area contributed by atoms with Crippen LogP contribution >= 0.6 is 0 Å². The number of nitrogens with one attached hydrogen (secondary N) is 2. The molecule has 2 aromatic rings. The maximum Gasteiger partial charge on any atom is 0.297 e. The number of aliphatic hydroxyl groups excluding tert-OH is 1. The van der Waals surface area contributed by atoms with E-state index < -0.39 is 22.3 Å². The zero-order valence-electron chi connectivity index (χ0n) is 16.7. The molecule has 0 radical (unpaired) electrons. The lowest BCUT2D eigenvalue weighted by Gasteiger charge is -2.31. The molecular formula is C21H26N2O6S. The molecule has 8 nitrogen and oxygen atoms in total. The number of carbonyl (C=O) groups is 2. The molecule has 1 amide bonds. The molecule has 2 aromatic carbocycles. The molecule has 30 heavy (non-hydrogen) atoms. The number of hydrogen-bond donors (Lipinski definition) is 3. The van der Waals surface area contributed by atoms with Crippen LogP contribution in [0.25, 0.3) is 0 Å². The predicted octanol–water partition coefficient (Wildman–Crippen LogP) is 1.85. The number of aldehydes is 1. The Labute approximate surface area is 176 Å². The predicted molar refractivity (Wildman–Crippen MR) is 112 cm³/mol. The van der Waals surface area contributed by atoms with Crippen molar-refractivity contribution in [2.45, 2.75) is 36.7 Å². The standard InChI is InChI=1S/C21H26N2O6S/c1-2-21(12-13-24,22-16-17-6-4-3-5-7-17)20(26)23-18-8-10-19(11-9-18)30(27,28)29-15-14-25/h3-11,13,22,25H,2,12,14-16H2,1H3,(H,23,26)/t21-/m1/s1. The Balaban J connectivity index is 2.13. The van der Waals surface area contributed by atoms with Crippen LogP contribution in [0.3, 0.4) is 0 Å². The van der Waals surface area contributed by atoms with Crippen LogP contribution in [0.4, 0.5) is 5.69 Å². The fraction of sp³-hybridized carbons (Fsp3) is 0.333. The van der Waals surface area contributed by atoms with E-state index >= 15 is 0 Å². The third kappa shape index (κ3) is 6.20. The molecule has 0 heterocycles. The van der Waals surface area contributed by atoms with Gasteiger partial charge in [-0.3, -0.25) is 14.3 Å². The maximum atomic E-state index is 13.0. The summed E-state index contributed by atoms with van der Waals surface area (Å²) in [6.45, 7) is 1.47. The molecule has 0 aliphatic heterocycles. The number of aliphatic hydroxyl groups is 1. The zero-order valence-corrected chi connectivity index (χ0v) is 17.5. The average molecular weight is 435 g/mol. The molecule has 0 fully saturated rings. The summed E-state index contributed by atoms with van der Waals surface area (Å²) in [4.78, 5) is 24.2. The lowest BCUT2D eigenvalue weighted by Crippen LogP contribution is -2.54. The zero-order chi connectivity index (χ0) is 22.0. The first-order valence-corrected chi connectivity index (χ1v) is 10.9. The summed E-state index contributed by atoms with van der Waals surface area (Å²) < 4.78 is 28.6. The van der Waals surface area contributed by atoms with E-state index in [1.165, 1.54) is 24.3 Å². The van der Waals surface area contributed by atoms with Gasteiger partial charge in [0.2, 0.25) is 5.91 Å². The van der Waals surface area contributed by atoms with Gasteiger partial charge in [0.05, 0.1) is 18.1 Å². The first kappa shape index (κ1) is 23.7. The van der Waals surface area contributed by atoms with Crippen LogP contribution in [-0.2, 0) is 30.4 Å². The molecule has 9 heteroatoms. The monoisotopic (exact) mass is 434 g/mol. The normalized spacial score (nSPS) is 13.4. The van der Waals surface area contributed by atoms with Crippen LogP contribution in [0, 0.1) is 0 Å². The second-order valence-electron chi connectivity index (χ2n) is 6.62. The van der Waals surface area contributed by atoms with Crippen LogP contribution in [0.5, 0.6) is 0 Å². The van der Waals surface area contributed by atoms with Gasteiger partial charge in [-0.15, -0.1) is 0 Å². The minimum absolute atomic E-state index is 0.0103. The van der Waals surface area contributed by atoms with Crippen LogP contribution in [0.2, 0.25) is 0 Å². The van der Waals surface area contributed by atoms with Crippen LogP contribution in [0.1, 0.15) is 25.3 Å². The molecule has 0 aromatic heterocycles. The summed E-state index contributed by atoms with van der Waals surface area (Å²) in [5.74, 6) is -0.389. The summed E-state index contributed by atoms with van der Waals surface area (Å²) in [5.41, 5.74) is 0.254. The van der Waals surface area contributed by atoms with E-state index in [1.807, 2.05) is 37.3 Å². The highest BCUT2D eigenvalue weighted by Crippen LogP contribution is 2.21. The number of rotatable bonds is 12. The summed E-state index contributed by atoms with van der Waals surface area (Å²) in [6.07, 6.45) is 1.07. The minimum Gasteiger partial charge on any atom is -0.394 e. The van der Waals surface area contributed by atoms with Gasteiger partial charge >= 0.3 is 0 Å². The number of hydrogen-bond acceptors (Lipinski definition) is 7. The SMILES string of the molecule is CC[C@](CC=O)(NCc1ccccc1)C(=O)Nc1ccc(S(=O)(=O)OCCO)cc1. The molecule has 3 N–H and O–H groups in total. The van der Waals surface area contributed by atoms with E-state index in [2.05, 4.69) is 14.8 Å². The first-order chi connectivity index (χ1) is 14.4. The Bertz CT molecular complexity index is 932. The van der Waals surface area contributed by atoms with Crippen molar-refractivity contribution in [1.82, 2.24) is 5.32 Å². The molecule has 2 rings (SSSR count). The second kappa shape index (κ2) is 11.0. The molecule has 1 atom stereocenters. The third-order valence-electron chi connectivity index (χ3n) is 4.67. The van der Waals surface area contributed by atoms with Gasteiger partial charge in [0.15, 0.2) is 0 Å². The van der Waals surface area contributed by atoms with Crippen LogP contribution < -0.4 is 10.6 Å². The Morgan fingerprint density at radius 3 is 2.37 bits per heavy atom. The number of carbonyl (C=O) groups excluding carboxylic acids is 2. The lowest BCUT2D eigenvalue weighted by molar-refractivity contribution is -0.125. The van der Waals surface area contributed by atoms with Crippen molar-refractivity contribution in [2.24, 2.45) is 0 Å². The fourth-order valence-electron chi connectivity index (χ4n) is 2.86. The van der Waals surface area contributed by atoms with Crippen molar-refractivity contribution in [3.05, 3.63) is 60.2 Å². The van der Waals surface area contributed by atoms with E-state index in [1.54, 1.807) is 0 Å². The van der Waals surface area contributed by atoms with Gasteiger partial charge in [0.25, 0.3) is 10.1 Å². The van der Waals surface area contributed by atoms with Gasteiger partial charge in [-0.05, 0) is 36.2 Å². The van der Waals surface area contributed by atoms with Gasteiger partial charge in [-0.25, -0.2) is 0 Å². The van der Waals surface area contributed by atoms with Crippen molar-refractivity contribution in [1.29, 1.82) is 0 Å². The molecular weight excluding hydrogens is 408 g/mol. The molecule has 0 aliphatic rings. The van der Waals surface area contributed by atoms with Crippen LogP contribution in [-0.4, -0.2) is 44.5 Å². The lowest BCUT2D eigenvalue weighted by atomic mass is 9.90. The van der Waals surface area contributed by atoms with Gasteiger partial charge in [0, 0.05) is 18.7 Å². The molecule has 0 spiro atoms. The maximum absolute atomic E-state index is 13.0. The molecule has 0 saturated heterocycles. The van der Waals surface area contributed by atoms with Crippen LogP contribution in [0.15, 0.2) is 59.5 Å². The van der Waals surface area contributed by atoms with E-state index in [4.69, 9.17) is 5.11 Å². The highest BCUT2D eigenvalue weighted by molar-refractivity contribution is 7.86. The highest BCUT2D eigenvalue weighted by Gasteiger charge is 2.36. The molecule has 162 valence electrons. The highest BCUT2D eigenvalue weighted by atomic mass is 32.2. The summed E-state index contributed by atoms with van der Waals surface area (Å²) in [7, 11) is -3.98. The van der Waals surface area contributed by atoms with E-state index in [-0.39, 0.29) is 23.8 Å².